The van der Waals surface area contributed by atoms with E-state index in [1.54, 1.807) is 24.3 Å². The molecule has 140 valence electrons. The molecule has 0 saturated carbocycles. The first-order valence-corrected chi connectivity index (χ1v) is 9.00. The second-order valence-electron chi connectivity index (χ2n) is 6.17. The number of H-pyrrole nitrogens is 1. The Kier molecular flexibility index (Phi) is 6.77. The van der Waals surface area contributed by atoms with Gasteiger partial charge in [-0.05, 0) is 25.0 Å². The summed E-state index contributed by atoms with van der Waals surface area (Å²) in [4.78, 5) is 41.3. The molecule has 0 aliphatic carbocycles. The maximum atomic E-state index is 13.0. The lowest BCUT2D eigenvalue weighted by molar-refractivity contribution is 0.0986. The Morgan fingerprint density at radius 2 is 1.77 bits per heavy atom. The third-order valence-corrected chi connectivity index (χ3v) is 4.22. The summed E-state index contributed by atoms with van der Waals surface area (Å²) in [5, 5.41) is 0. The number of nitrogens with zero attached hydrogens (tertiary/aromatic N) is 2. The van der Waals surface area contributed by atoms with E-state index in [4.69, 9.17) is 5.73 Å². The third-order valence-electron chi connectivity index (χ3n) is 4.22. The van der Waals surface area contributed by atoms with Gasteiger partial charge in [0.25, 0.3) is 11.5 Å². The van der Waals surface area contributed by atoms with Gasteiger partial charge in [0.05, 0.1) is 0 Å². The third kappa shape index (κ3) is 4.22. The van der Waals surface area contributed by atoms with Crippen molar-refractivity contribution in [2.45, 2.75) is 46.1 Å². The minimum atomic E-state index is -0.638. The van der Waals surface area contributed by atoms with Crippen LogP contribution in [0.5, 0.6) is 0 Å². The van der Waals surface area contributed by atoms with Crippen LogP contribution in [0.15, 0.2) is 39.9 Å². The number of benzene rings is 1. The van der Waals surface area contributed by atoms with Gasteiger partial charge in [-0.1, -0.05) is 44.9 Å². The summed E-state index contributed by atoms with van der Waals surface area (Å²) in [6, 6.07) is 8.73. The number of amides is 1. The van der Waals surface area contributed by atoms with Crippen molar-refractivity contribution in [3.8, 4) is 0 Å². The molecule has 0 radical (unpaired) electrons. The lowest BCUT2D eigenvalue weighted by Gasteiger charge is -2.24. The summed E-state index contributed by atoms with van der Waals surface area (Å²) in [7, 11) is 0. The van der Waals surface area contributed by atoms with Gasteiger partial charge in [0.1, 0.15) is 5.82 Å². The Morgan fingerprint density at radius 1 is 1.12 bits per heavy atom. The van der Waals surface area contributed by atoms with Crippen LogP contribution in [0.25, 0.3) is 0 Å². The van der Waals surface area contributed by atoms with Crippen molar-refractivity contribution in [3.05, 3.63) is 56.7 Å². The molecule has 0 atom stereocenters. The van der Waals surface area contributed by atoms with Gasteiger partial charge in [0.15, 0.2) is 5.69 Å². The molecule has 26 heavy (non-hydrogen) atoms. The van der Waals surface area contributed by atoms with Gasteiger partial charge in [-0.15, -0.1) is 0 Å². The first-order valence-electron chi connectivity index (χ1n) is 9.00. The van der Waals surface area contributed by atoms with Gasteiger partial charge in [0.2, 0.25) is 0 Å². The number of hydrogen-bond donors (Lipinski definition) is 2. The summed E-state index contributed by atoms with van der Waals surface area (Å²) < 4.78 is 1.33. The molecular formula is C19H26N4O3. The SMILES string of the molecule is CCCCN(C(=O)c1ccccc1)c1c(N)n(CCCC)c(=O)[nH]c1=O. The number of hydrogen-bond acceptors (Lipinski definition) is 4. The Hall–Kier alpha value is -2.83. The zero-order valence-electron chi connectivity index (χ0n) is 15.3. The number of nitrogen functional groups attached to an aromatic ring is 1. The summed E-state index contributed by atoms with van der Waals surface area (Å²) in [5.41, 5.74) is 5.49. The quantitative estimate of drug-likeness (QED) is 0.756. The standard InChI is InChI=1S/C19H26N4O3/c1-3-5-12-22(18(25)14-10-8-7-9-11-14)15-16(20)23(13-6-4-2)19(26)21-17(15)24/h7-11H,3-6,12-13,20H2,1-2H3,(H,21,24,26). The van der Waals surface area contributed by atoms with Crippen LogP contribution in [0.3, 0.4) is 0 Å². The molecule has 7 heteroatoms. The van der Waals surface area contributed by atoms with Crippen molar-refractivity contribution in [3.63, 3.8) is 0 Å². The maximum Gasteiger partial charge on any atom is 0.330 e. The minimum absolute atomic E-state index is 0.0348. The molecule has 1 amide bonds. The Balaban J connectivity index is 2.56. The highest BCUT2D eigenvalue weighted by Crippen LogP contribution is 2.20. The van der Waals surface area contributed by atoms with Gasteiger partial charge in [-0.2, -0.15) is 0 Å². The lowest BCUT2D eigenvalue weighted by atomic mass is 10.1. The zero-order valence-corrected chi connectivity index (χ0v) is 15.3. The molecule has 0 aliphatic rings. The smallest absolute Gasteiger partial charge is 0.330 e. The van der Waals surface area contributed by atoms with Gasteiger partial charge in [-0.3, -0.25) is 19.1 Å². The van der Waals surface area contributed by atoms with E-state index in [-0.39, 0.29) is 17.4 Å². The molecular weight excluding hydrogens is 332 g/mol. The van der Waals surface area contributed by atoms with Crippen molar-refractivity contribution in [2.75, 3.05) is 17.2 Å². The second-order valence-corrected chi connectivity index (χ2v) is 6.17. The van der Waals surface area contributed by atoms with Crippen LogP contribution >= 0.6 is 0 Å². The Morgan fingerprint density at radius 3 is 2.38 bits per heavy atom. The predicted octanol–water partition coefficient (Wildman–Crippen LogP) is 2.37. The number of aromatic amines is 1. The summed E-state index contributed by atoms with van der Waals surface area (Å²) in [6.07, 6.45) is 3.19. The van der Waals surface area contributed by atoms with Gasteiger partial charge in [-0.25, -0.2) is 4.79 Å². The Labute approximate surface area is 152 Å². The number of aromatic nitrogens is 2. The van der Waals surface area contributed by atoms with Gasteiger partial charge in [0, 0.05) is 18.7 Å². The first-order chi connectivity index (χ1) is 12.5. The van der Waals surface area contributed by atoms with E-state index >= 15 is 0 Å². The van der Waals surface area contributed by atoms with Gasteiger partial charge < -0.3 is 10.6 Å². The van der Waals surface area contributed by atoms with E-state index in [1.807, 2.05) is 19.9 Å². The lowest BCUT2D eigenvalue weighted by Crippen LogP contribution is -2.41. The monoisotopic (exact) mass is 358 g/mol. The Bertz CT molecular complexity index is 855. The topological polar surface area (TPSA) is 101 Å². The number of nitrogens with one attached hydrogen (secondary N) is 1. The van der Waals surface area contributed by atoms with Crippen LogP contribution in [0.1, 0.15) is 49.9 Å². The number of carbonyl (C=O) groups excluding carboxylic acids is 1. The molecule has 1 aromatic heterocycles. The molecule has 1 heterocycles. The normalized spacial score (nSPS) is 10.7. The highest BCUT2D eigenvalue weighted by Gasteiger charge is 2.24. The zero-order chi connectivity index (χ0) is 19.1. The van der Waals surface area contributed by atoms with Crippen LogP contribution < -0.4 is 21.9 Å². The number of carbonyl (C=O) groups is 1. The molecule has 0 unspecified atom stereocenters. The van der Waals surface area contributed by atoms with Crippen molar-refractivity contribution >= 4 is 17.4 Å². The molecule has 0 spiro atoms. The fraction of sp³-hybridized carbons (Fsp3) is 0.421. The molecule has 2 aromatic rings. The second kappa shape index (κ2) is 9.03. The number of nitrogens with two attached hydrogens (primary N) is 1. The van der Waals surface area contributed by atoms with Crippen molar-refractivity contribution in [1.82, 2.24) is 9.55 Å². The van der Waals surface area contributed by atoms with E-state index in [0.29, 0.717) is 25.1 Å². The van der Waals surface area contributed by atoms with Crippen LogP contribution in [0.2, 0.25) is 0 Å². The predicted molar refractivity (Wildman–Crippen MR) is 104 cm³/mol. The van der Waals surface area contributed by atoms with E-state index in [9.17, 15) is 14.4 Å². The van der Waals surface area contributed by atoms with Crippen molar-refractivity contribution in [1.29, 1.82) is 0 Å². The van der Waals surface area contributed by atoms with Crippen molar-refractivity contribution in [2.24, 2.45) is 0 Å². The number of rotatable bonds is 8. The van der Waals surface area contributed by atoms with Crippen LogP contribution in [-0.2, 0) is 6.54 Å². The summed E-state index contributed by atoms with van der Waals surface area (Å²) in [6.45, 7) is 4.75. The highest BCUT2D eigenvalue weighted by atomic mass is 16.2. The molecule has 7 nitrogen and oxygen atoms in total. The minimum Gasteiger partial charge on any atom is -0.383 e. The number of unbranched alkanes of at least 4 members (excludes halogenated alkanes) is 2. The molecule has 2 rings (SSSR count). The van der Waals surface area contributed by atoms with E-state index < -0.39 is 11.2 Å². The van der Waals surface area contributed by atoms with Crippen LogP contribution in [0, 0.1) is 0 Å². The van der Waals surface area contributed by atoms with Crippen LogP contribution in [-0.4, -0.2) is 22.0 Å². The fourth-order valence-corrected chi connectivity index (χ4v) is 2.74. The molecule has 0 fully saturated rings. The summed E-state index contributed by atoms with van der Waals surface area (Å²) >= 11 is 0. The molecule has 0 bridgehead atoms. The number of anilines is 2. The fourth-order valence-electron chi connectivity index (χ4n) is 2.74. The molecule has 0 aliphatic heterocycles. The maximum absolute atomic E-state index is 13.0. The molecule has 1 aromatic carbocycles. The largest absolute Gasteiger partial charge is 0.383 e. The van der Waals surface area contributed by atoms with E-state index in [2.05, 4.69) is 4.98 Å². The summed E-state index contributed by atoms with van der Waals surface area (Å²) in [5.74, 6) is -0.274. The average Bonchev–Trinajstić information content (AvgIpc) is 2.64. The molecule has 3 N–H and O–H groups in total. The average molecular weight is 358 g/mol. The van der Waals surface area contributed by atoms with E-state index in [1.165, 1.54) is 9.47 Å². The van der Waals surface area contributed by atoms with E-state index in [0.717, 1.165) is 19.3 Å². The molecule has 0 saturated heterocycles. The highest BCUT2D eigenvalue weighted by molar-refractivity contribution is 6.07. The van der Waals surface area contributed by atoms with Gasteiger partial charge >= 0.3 is 5.69 Å². The van der Waals surface area contributed by atoms with Crippen LogP contribution in [0.4, 0.5) is 11.5 Å². The van der Waals surface area contributed by atoms with Crippen molar-refractivity contribution < 1.29 is 4.79 Å². The first kappa shape index (κ1) is 19.5.